The number of ether oxygens (including phenoxy) is 1. The molecule has 1 N–H and O–H groups in total. The van der Waals surface area contributed by atoms with E-state index in [9.17, 15) is 14.0 Å². The number of rotatable bonds is 5. The number of anilines is 1. The SMILES string of the molecule is O=C(NCc1cn(-c2ccc(N3CCOCC3=O)cc2F)cn1)c1ccc(Cl)s1. The van der Waals surface area contributed by atoms with Crippen LogP contribution in [-0.4, -0.2) is 41.1 Å². The predicted molar refractivity (Wildman–Crippen MR) is 107 cm³/mol. The van der Waals surface area contributed by atoms with Gasteiger partial charge in [-0.2, -0.15) is 0 Å². The maximum Gasteiger partial charge on any atom is 0.261 e. The third-order valence-electron chi connectivity index (χ3n) is 4.37. The van der Waals surface area contributed by atoms with E-state index in [1.807, 2.05) is 0 Å². The molecule has 0 aliphatic carbocycles. The second-order valence-corrected chi connectivity index (χ2v) is 8.01. The first-order valence-corrected chi connectivity index (χ1v) is 9.95. The van der Waals surface area contributed by atoms with Crippen molar-refractivity contribution < 1.29 is 18.7 Å². The summed E-state index contributed by atoms with van der Waals surface area (Å²) in [7, 11) is 0. The monoisotopic (exact) mass is 434 g/mol. The molecule has 2 aromatic heterocycles. The van der Waals surface area contributed by atoms with Gasteiger partial charge in [0.25, 0.3) is 11.8 Å². The van der Waals surface area contributed by atoms with E-state index in [1.165, 1.54) is 33.2 Å². The van der Waals surface area contributed by atoms with Gasteiger partial charge >= 0.3 is 0 Å². The van der Waals surface area contributed by atoms with Crippen molar-refractivity contribution in [3.05, 3.63) is 63.6 Å². The molecule has 150 valence electrons. The van der Waals surface area contributed by atoms with E-state index >= 15 is 0 Å². The molecule has 3 aromatic rings. The van der Waals surface area contributed by atoms with Crippen molar-refractivity contribution in [3.63, 3.8) is 0 Å². The lowest BCUT2D eigenvalue weighted by atomic mass is 10.2. The summed E-state index contributed by atoms with van der Waals surface area (Å²) < 4.78 is 21.8. The van der Waals surface area contributed by atoms with Crippen molar-refractivity contribution in [1.29, 1.82) is 0 Å². The second-order valence-electron chi connectivity index (χ2n) is 6.29. The lowest BCUT2D eigenvalue weighted by molar-refractivity contribution is -0.125. The molecule has 3 heterocycles. The van der Waals surface area contributed by atoms with E-state index in [-0.39, 0.29) is 25.0 Å². The van der Waals surface area contributed by atoms with Crippen molar-refractivity contribution in [2.45, 2.75) is 6.54 Å². The van der Waals surface area contributed by atoms with E-state index in [1.54, 1.807) is 30.5 Å². The third kappa shape index (κ3) is 4.31. The van der Waals surface area contributed by atoms with Crippen molar-refractivity contribution in [2.24, 2.45) is 0 Å². The number of nitrogens with one attached hydrogen (secondary N) is 1. The number of aromatic nitrogens is 2. The van der Waals surface area contributed by atoms with Gasteiger partial charge in [0.05, 0.1) is 40.1 Å². The zero-order chi connectivity index (χ0) is 20.4. The zero-order valence-electron chi connectivity index (χ0n) is 15.1. The Hall–Kier alpha value is -2.75. The first-order valence-electron chi connectivity index (χ1n) is 8.76. The number of nitrogens with zero attached hydrogens (tertiary/aromatic N) is 3. The van der Waals surface area contributed by atoms with Gasteiger partial charge in [0.15, 0.2) is 0 Å². The third-order valence-corrected chi connectivity index (χ3v) is 5.60. The summed E-state index contributed by atoms with van der Waals surface area (Å²) in [6, 6.07) is 7.90. The smallest absolute Gasteiger partial charge is 0.261 e. The number of thiophene rings is 1. The molecule has 29 heavy (non-hydrogen) atoms. The van der Waals surface area contributed by atoms with E-state index in [4.69, 9.17) is 16.3 Å². The van der Waals surface area contributed by atoms with Crippen LogP contribution < -0.4 is 10.2 Å². The van der Waals surface area contributed by atoms with E-state index < -0.39 is 5.82 Å². The van der Waals surface area contributed by atoms with Crippen LogP contribution in [0.5, 0.6) is 0 Å². The lowest BCUT2D eigenvalue weighted by Crippen LogP contribution is -2.41. The van der Waals surface area contributed by atoms with Gasteiger partial charge in [-0.1, -0.05) is 11.6 Å². The predicted octanol–water partition coefficient (Wildman–Crippen LogP) is 3.02. The number of hydrogen-bond acceptors (Lipinski definition) is 5. The normalized spacial score (nSPS) is 14.3. The molecule has 0 saturated carbocycles. The average Bonchev–Trinajstić information content (AvgIpc) is 3.35. The van der Waals surface area contributed by atoms with Crippen molar-refractivity contribution in [2.75, 3.05) is 24.7 Å². The molecule has 0 bridgehead atoms. The molecular formula is C19H16ClFN4O3S. The molecule has 0 spiro atoms. The number of hydrogen-bond donors (Lipinski definition) is 1. The molecule has 1 saturated heterocycles. The molecule has 0 atom stereocenters. The van der Waals surface area contributed by atoms with Crippen LogP contribution in [0.2, 0.25) is 4.34 Å². The molecular weight excluding hydrogens is 419 g/mol. The van der Waals surface area contributed by atoms with Crippen LogP contribution >= 0.6 is 22.9 Å². The Bertz CT molecular complexity index is 1070. The summed E-state index contributed by atoms with van der Waals surface area (Å²) in [5.41, 5.74) is 1.36. The Kier molecular flexibility index (Phi) is 5.61. The van der Waals surface area contributed by atoms with Gasteiger partial charge in [0.2, 0.25) is 0 Å². The summed E-state index contributed by atoms with van der Waals surface area (Å²) in [4.78, 5) is 30.2. The quantitative estimate of drug-likeness (QED) is 0.669. The van der Waals surface area contributed by atoms with Crippen LogP contribution in [0.3, 0.4) is 0 Å². The molecule has 2 amide bonds. The Morgan fingerprint density at radius 1 is 1.34 bits per heavy atom. The number of halogens is 2. The van der Waals surface area contributed by atoms with Crippen LogP contribution in [0.1, 0.15) is 15.4 Å². The topological polar surface area (TPSA) is 76.5 Å². The molecule has 1 aliphatic rings. The lowest BCUT2D eigenvalue weighted by Gasteiger charge is -2.27. The molecule has 1 aromatic carbocycles. The largest absolute Gasteiger partial charge is 0.370 e. The minimum atomic E-state index is -0.483. The van der Waals surface area contributed by atoms with Crippen molar-refractivity contribution in [3.8, 4) is 5.69 Å². The summed E-state index contributed by atoms with van der Waals surface area (Å²) >= 11 is 7.03. The number of morpholine rings is 1. The molecule has 1 fully saturated rings. The van der Waals surface area contributed by atoms with Crippen molar-refractivity contribution in [1.82, 2.24) is 14.9 Å². The first kappa shape index (κ1) is 19.6. The highest BCUT2D eigenvalue weighted by atomic mass is 35.5. The summed E-state index contributed by atoms with van der Waals surface area (Å²) in [5.74, 6) is -0.929. The number of amides is 2. The fourth-order valence-electron chi connectivity index (χ4n) is 2.95. The minimum Gasteiger partial charge on any atom is -0.370 e. The van der Waals surface area contributed by atoms with Crippen LogP contribution in [0, 0.1) is 5.82 Å². The number of imidazole rings is 1. The minimum absolute atomic E-state index is 0.00233. The van der Waals surface area contributed by atoms with Gasteiger partial charge in [-0.25, -0.2) is 9.37 Å². The van der Waals surface area contributed by atoms with E-state index in [0.717, 1.165) is 0 Å². The van der Waals surface area contributed by atoms with E-state index in [0.29, 0.717) is 39.4 Å². The van der Waals surface area contributed by atoms with Gasteiger partial charge in [0, 0.05) is 18.4 Å². The van der Waals surface area contributed by atoms with Gasteiger partial charge in [0.1, 0.15) is 12.4 Å². The maximum atomic E-state index is 14.7. The molecule has 0 radical (unpaired) electrons. The molecule has 10 heteroatoms. The van der Waals surface area contributed by atoms with Crippen LogP contribution in [-0.2, 0) is 16.1 Å². The van der Waals surface area contributed by atoms with Gasteiger partial charge in [-0.15, -0.1) is 11.3 Å². The molecule has 0 unspecified atom stereocenters. The summed E-state index contributed by atoms with van der Waals surface area (Å²) in [6.45, 7) is 1.01. The highest BCUT2D eigenvalue weighted by molar-refractivity contribution is 7.17. The molecule has 7 nitrogen and oxygen atoms in total. The fourth-order valence-corrected chi connectivity index (χ4v) is 3.90. The Labute approximate surface area is 174 Å². The fraction of sp³-hybridized carbons (Fsp3) is 0.211. The highest BCUT2D eigenvalue weighted by Crippen LogP contribution is 2.23. The molecule has 1 aliphatic heterocycles. The molecule has 4 rings (SSSR count). The number of carbonyl (C=O) groups excluding carboxylic acids is 2. The maximum absolute atomic E-state index is 14.7. The van der Waals surface area contributed by atoms with E-state index in [2.05, 4.69) is 10.3 Å². The summed E-state index contributed by atoms with van der Waals surface area (Å²) in [5, 5.41) is 2.75. The Morgan fingerprint density at radius 2 is 2.21 bits per heavy atom. The summed E-state index contributed by atoms with van der Waals surface area (Å²) in [6.07, 6.45) is 3.11. The van der Waals surface area contributed by atoms with Crippen molar-refractivity contribution >= 4 is 40.4 Å². The van der Waals surface area contributed by atoms with Crippen LogP contribution in [0.4, 0.5) is 10.1 Å². The van der Waals surface area contributed by atoms with Gasteiger partial charge in [-0.3, -0.25) is 9.59 Å². The van der Waals surface area contributed by atoms with Crippen LogP contribution in [0.25, 0.3) is 5.69 Å². The van der Waals surface area contributed by atoms with Gasteiger partial charge in [-0.05, 0) is 30.3 Å². The van der Waals surface area contributed by atoms with Crippen LogP contribution in [0.15, 0.2) is 42.9 Å². The first-order chi connectivity index (χ1) is 14.0. The second kappa shape index (κ2) is 8.32. The Balaban J connectivity index is 1.45. The number of carbonyl (C=O) groups is 2. The number of benzene rings is 1. The highest BCUT2D eigenvalue weighted by Gasteiger charge is 2.21. The Morgan fingerprint density at radius 3 is 2.93 bits per heavy atom. The standard InChI is InChI=1S/C19H16ClFN4O3S/c20-17-4-3-16(29-17)19(27)22-8-12-9-24(11-23-12)15-2-1-13(7-14(15)21)25-5-6-28-10-18(25)26/h1-4,7,9,11H,5-6,8,10H2,(H,22,27). The van der Waals surface area contributed by atoms with Gasteiger partial charge < -0.3 is 19.5 Å². The average molecular weight is 435 g/mol. The zero-order valence-corrected chi connectivity index (χ0v) is 16.7.